The Morgan fingerprint density at radius 1 is 1.37 bits per heavy atom. The number of piperidine rings is 1. The molecule has 2 N–H and O–H groups in total. The molecule has 1 amide bonds. The van der Waals surface area contributed by atoms with Gasteiger partial charge in [-0.25, -0.2) is 0 Å². The van der Waals surface area contributed by atoms with Gasteiger partial charge in [-0.2, -0.15) is 0 Å². The van der Waals surface area contributed by atoms with E-state index in [1.807, 2.05) is 32.9 Å². The molecule has 0 unspecified atom stereocenters. The molecule has 0 bridgehead atoms. The van der Waals surface area contributed by atoms with Crippen LogP contribution in [0.4, 0.5) is 0 Å². The number of rotatable bonds is 3. The minimum atomic E-state index is -0.00367. The molecular weight excluding hydrogens is 238 g/mol. The Kier molecular flexibility index (Phi) is 4.53. The summed E-state index contributed by atoms with van der Waals surface area (Å²) in [5.74, 6) is 0.394. The fourth-order valence-electron chi connectivity index (χ4n) is 2.52. The lowest BCUT2D eigenvalue weighted by molar-refractivity contribution is 0.0941. The van der Waals surface area contributed by atoms with Crippen molar-refractivity contribution in [3.63, 3.8) is 0 Å². The van der Waals surface area contributed by atoms with Crippen molar-refractivity contribution in [2.45, 2.75) is 45.6 Å². The van der Waals surface area contributed by atoms with Crippen LogP contribution < -0.4 is 10.6 Å². The highest BCUT2D eigenvalue weighted by molar-refractivity contribution is 5.95. The third-order valence-corrected chi connectivity index (χ3v) is 3.45. The molecule has 1 aromatic rings. The Hall–Kier alpha value is -1.42. The fourth-order valence-corrected chi connectivity index (χ4v) is 2.52. The van der Waals surface area contributed by atoms with Gasteiger partial charge in [-0.15, -0.1) is 0 Å². The smallest absolute Gasteiger partial charge is 0.253 e. The van der Waals surface area contributed by atoms with E-state index in [9.17, 15) is 4.79 Å². The third-order valence-electron chi connectivity index (χ3n) is 3.45. The number of nitrogens with one attached hydrogen (secondary N) is 2. The van der Waals surface area contributed by atoms with Crippen LogP contribution in [0.2, 0.25) is 0 Å². The van der Waals surface area contributed by atoms with E-state index in [2.05, 4.69) is 15.6 Å². The first-order valence-corrected chi connectivity index (χ1v) is 7.07. The molecule has 0 radical (unpaired) electrons. The molecule has 1 aromatic heterocycles. The average Bonchev–Trinajstić information content (AvgIpc) is 2.38. The van der Waals surface area contributed by atoms with Gasteiger partial charge in [0.1, 0.15) is 0 Å². The van der Waals surface area contributed by atoms with E-state index in [-0.39, 0.29) is 11.9 Å². The van der Waals surface area contributed by atoms with Gasteiger partial charge >= 0.3 is 0 Å². The number of carbonyl (C=O) groups is 1. The van der Waals surface area contributed by atoms with E-state index < -0.39 is 0 Å². The van der Waals surface area contributed by atoms with Crippen LogP contribution in [0.5, 0.6) is 0 Å². The minimum Gasteiger partial charge on any atom is -0.350 e. The van der Waals surface area contributed by atoms with Gasteiger partial charge in [-0.05, 0) is 58.8 Å². The van der Waals surface area contributed by atoms with Gasteiger partial charge in [0.2, 0.25) is 0 Å². The Morgan fingerprint density at radius 2 is 2.05 bits per heavy atom. The van der Waals surface area contributed by atoms with Gasteiger partial charge in [0.05, 0.1) is 11.3 Å². The molecule has 4 nitrogen and oxygen atoms in total. The Morgan fingerprint density at radius 3 is 2.68 bits per heavy atom. The third kappa shape index (κ3) is 3.53. The van der Waals surface area contributed by atoms with E-state index in [0.717, 1.165) is 42.9 Å². The van der Waals surface area contributed by atoms with Crippen molar-refractivity contribution in [2.75, 3.05) is 13.1 Å². The minimum absolute atomic E-state index is 0.00367. The molecule has 2 heterocycles. The first-order valence-electron chi connectivity index (χ1n) is 7.07. The number of nitrogens with zero attached hydrogens (tertiary/aromatic N) is 1. The zero-order valence-corrected chi connectivity index (χ0v) is 12.0. The maximum Gasteiger partial charge on any atom is 0.253 e. The first-order chi connectivity index (χ1) is 9.08. The SMILES string of the molecule is Cc1ccc(C(=O)NC(C)C)c(C2CCNCC2)n1. The number of hydrogen-bond donors (Lipinski definition) is 2. The van der Waals surface area contributed by atoms with Crippen LogP contribution in [-0.2, 0) is 0 Å². The number of hydrogen-bond acceptors (Lipinski definition) is 3. The molecule has 1 aliphatic rings. The van der Waals surface area contributed by atoms with Crippen LogP contribution in [0.15, 0.2) is 12.1 Å². The predicted octanol–water partition coefficient (Wildman–Crippen LogP) is 2.00. The maximum atomic E-state index is 12.3. The summed E-state index contributed by atoms with van der Waals surface area (Å²) in [6.45, 7) is 7.94. The van der Waals surface area contributed by atoms with Crippen LogP contribution in [0.25, 0.3) is 0 Å². The van der Waals surface area contributed by atoms with Crippen molar-refractivity contribution < 1.29 is 4.79 Å². The van der Waals surface area contributed by atoms with Gasteiger partial charge in [0.15, 0.2) is 0 Å². The van der Waals surface area contributed by atoms with E-state index in [1.165, 1.54) is 0 Å². The van der Waals surface area contributed by atoms with E-state index in [1.54, 1.807) is 0 Å². The zero-order chi connectivity index (χ0) is 13.8. The van der Waals surface area contributed by atoms with E-state index >= 15 is 0 Å². The predicted molar refractivity (Wildman–Crippen MR) is 76.4 cm³/mol. The lowest BCUT2D eigenvalue weighted by Gasteiger charge is -2.24. The average molecular weight is 261 g/mol. The number of aryl methyl sites for hydroxylation is 1. The Labute approximate surface area is 115 Å². The van der Waals surface area contributed by atoms with Gasteiger partial charge in [0.25, 0.3) is 5.91 Å². The highest BCUT2D eigenvalue weighted by Gasteiger charge is 2.23. The largest absolute Gasteiger partial charge is 0.350 e. The molecule has 0 aromatic carbocycles. The van der Waals surface area contributed by atoms with Gasteiger partial charge in [-0.1, -0.05) is 0 Å². The summed E-state index contributed by atoms with van der Waals surface area (Å²) in [6, 6.07) is 3.98. The second kappa shape index (κ2) is 6.15. The summed E-state index contributed by atoms with van der Waals surface area (Å²) in [5.41, 5.74) is 2.69. The van der Waals surface area contributed by atoms with Gasteiger partial charge in [-0.3, -0.25) is 9.78 Å². The Bertz CT molecular complexity index is 451. The van der Waals surface area contributed by atoms with Crippen LogP contribution in [0, 0.1) is 6.92 Å². The van der Waals surface area contributed by atoms with Crippen LogP contribution >= 0.6 is 0 Å². The molecule has 1 aliphatic heterocycles. The van der Waals surface area contributed by atoms with Crippen LogP contribution in [-0.4, -0.2) is 30.0 Å². The summed E-state index contributed by atoms with van der Waals surface area (Å²) in [5, 5.41) is 6.32. The zero-order valence-electron chi connectivity index (χ0n) is 12.0. The molecule has 1 saturated heterocycles. The number of amides is 1. The van der Waals surface area contributed by atoms with Crippen molar-refractivity contribution in [1.82, 2.24) is 15.6 Å². The molecule has 104 valence electrons. The maximum absolute atomic E-state index is 12.3. The quantitative estimate of drug-likeness (QED) is 0.875. The normalized spacial score (nSPS) is 16.6. The lowest BCUT2D eigenvalue weighted by Crippen LogP contribution is -2.33. The monoisotopic (exact) mass is 261 g/mol. The topological polar surface area (TPSA) is 54.0 Å². The molecule has 0 atom stereocenters. The summed E-state index contributed by atoms with van der Waals surface area (Å²) in [7, 11) is 0. The molecule has 4 heteroatoms. The first kappa shape index (κ1) is 14.0. The van der Waals surface area contributed by atoms with Crippen LogP contribution in [0.1, 0.15) is 54.4 Å². The summed E-state index contributed by atoms with van der Waals surface area (Å²) >= 11 is 0. The van der Waals surface area contributed by atoms with E-state index in [0.29, 0.717) is 5.92 Å². The molecule has 1 fully saturated rings. The van der Waals surface area contributed by atoms with Crippen molar-refractivity contribution in [3.05, 3.63) is 29.1 Å². The van der Waals surface area contributed by atoms with Crippen molar-refractivity contribution in [3.8, 4) is 0 Å². The van der Waals surface area contributed by atoms with Crippen molar-refractivity contribution in [1.29, 1.82) is 0 Å². The van der Waals surface area contributed by atoms with E-state index in [4.69, 9.17) is 0 Å². The van der Waals surface area contributed by atoms with Crippen molar-refractivity contribution in [2.24, 2.45) is 0 Å². The second-order valence-electron chi connectivity index (χ2n) is 5.54. The van der Waals surface area contributed by atoms with Gasteiger partial charge < -0.3 is 10.6 Å². The molecular formula is C15H23N3O. The number of aromatic nitrogens is 1. The molecule has 19 heavy (non-hydrogen) atoms. The Balaban J connectivity index is 2.29. The highest BCUT2D eigenvalue weighted by atomic mass is 16.1. The molecule has 0 spiro atoms. The summed E-state index contributed by atoms with van der Waals surface area (Å²) in [6.07, 6.45) is 2.11. The second-order valence-corrected chi connectivity index (χ2v) is 5.54. The number of carbonyl (C=O) groups excluding carboxylic acids is 1. The molecule has 0 saturated carbocycles. The summed E-state index contributed by atoms with van der Waals surface area (Å²) in [4.78, 5) is 16.9. The highest BCUT2D eigenvalue weighted by Crippen LogP contribution is 2.26. The van der Waals surface area contributed by atoms with Crippen LogP contribution in [0.3, 0.4) is 0 Å². The summed E-state index contributed by atoms with van der Waals surface area (Å²) < 4.78 is 0. The fraction of sp³-hybridized carbons (Fsp3) is 0.600. The standard InChI is InChI=1S/C15H23N3O/c1-10(2)17-15(19)13-5-4-11(3)18-14(13)12-6-8-16-9-7-12/h4-5,10,12,16H,6-9H2,1-3H3,(H,17,19). The molecule has 2 rings (SSSR count). The number of pyridine rings is 1. The molecule has 0 aliphatic carbocycles. The van der Waals surface area contributed by atoms with Crippen molar-refractivity contribution >= 4 is 5.91 Å². The lowest BCUT2D eigenvalue weighted by atomic mass is 9.90. The van der Waals surface area contributed by atoms with Gasteiger partial charge in [0, 0.05) is 17.7 Å².